The summed E-state index contributed by atoms with van der Waals surface area (Å²) >= 11 is 0. The smallest absolute Gasteiger partial charge is 0.129 e. The van der Waals surface area contributed by atoms with Crippen LogP contribution < -0.4 is 5.73 Å². The van der Waals surface area contributed by atoms with E-state index in [4.69, 9.17) is 5.73 Å². The van der Waals surface area contributed by atoms with Gasteiger partial charge in [0.1, 0.15) is 11.6 Å². The minimum Gasteiger partial charge on any atom is -0.327 e. The summed E-state index contributed by atoms with van der Waals surface area (Å²) < 4.78 is 26.9. The van der Waals surface area contributed by atoms with Crippen LogP contribution in [0.1, 0.15) is 51.5 Å². The summed E-state index contributed by atoms with van der Waals surface area (Å²) in [6.45, 7) is 6.64. The van der Waals surface area contributed by atoms with Crippen molar-refractivity contribution in [3.63, 3.8) is 0 Å². The second-order valence-electron chi connectivity index (χ2n) is 6.81. The van der Waals surface area contributed by atoms with Crippen molar-refractivity contribution in [2.75, 3.05) is 0 Å². The molecule has 1 nitrogen and oxygen atoms in total. The third-order valence-electron chi connectivity index (χ3n) is 4.49. The normalized spacial score (nSPS) is 28.4. The molecule has 0 bridgehead atoms. The Morgan fingerprint density at radius 2 is 1.84 bits per heavy atom. The van der Waals surface area contributed by atoms with Crippen molar-refractivity contribution in [2.24, 2.45) is 17.1 Å². The molecule has 0 spiro atoms. The summed E-state index contributed by atoms with van der Waals surface area (Å²) in [7, 11) is 0. The molecule has 1 fully saturated rings. The molecule has 3 heteroatoms. The molecular formula is C16H23F2N. The monoisotopic (exact) mass is 267 g/mol. The molecule has 0 radical (unpaired) electrons. The van der Waals surface area contributed by atoms with Crippen LogP contribution in [0.5, 0.6) is 0 Å². The van der Waals surface area contributed by atoms with Crippen LogP contribution in [0.3, 0.4) is 0 Å². The molecular weight excluding hydrogens is 244 g/mol. The molecule has 2 N–H and O–H groups in total. The number of nitrogens with two attached hydrogens (primary N) is 1. The van der Waals surface area contributed by atoms with Crippen molar-refractivity contribution in [2.45, 2.75) is 52.0 Å². The lowest BCUT2D eigenvalue weighted by Crippen LogP contribution is -2.38. The van der Waals surface area contributed by atoms with Gasteiger partial charge < -0.3 is 5.73 Å². The van der Waals surface area contributed by atoms with Gasteiger partial charge in [0.2, 0.25) is 0 Å². The highest BCUT2D eigenvalue weighted by atomic mass is 19.1. The van der Waals surface area contributed by atoms with Crippen LogP contribution >= 0.6 is 0 Å². The van der Waals surface area contributed by atoms with Crippen LogP contribution in [0.15, 0.2) is 18.2 Å². The Balaban J connectivity index is 2.26. The van der Waals surface area contributed by atoms with Crippen molar-refractivity contribution in [1.29, 1.82) is 0 Å². The highest BCUT2D eigenvalue weighted by molar-refractivity contribution is 5.25. The maximum absolute atomic E-state index is 13.9. The van der Waals surface area contributed by atoms with Crippen molar-refractivity contribution in [3.05, 3.63) is 35.4 Å². The van der Waals surface area contributed by atoms with E-state index in [1.54, 1.807) is 6.07 Å². The van der Waals surface area contributed by atoms with E-state index in [-0.39, 0.29) is 17.4 Å². The molecule has 19 heavy (non-hydrogen) atoms. The molecule has 2 rings (SSSR count). The average Bonchev–Trinajstić information content (AvgIpc) is 2.29. The fourth-order valence-electron chi connectivity index (χ4n) is 3.14. The number of hydrogen-bond acceptors (Lipinski definition) is 1. The summed E-state index contributed by atoms with van der Waals surface area (Å²) in [5, 5.41) is 0. The topological polar surface area (TPSA) is 26.0 Å². The number of benzene rings is 1. The predicted molar refractivity (Wildman–Crippen MR) is 73.9 cm³/mol. The van der Waals surface area contributed by atoms with Crippen molar-refractivity contribution in [1.82, 2.24) is 0 Å². The van der Waals surface area contributed by atoms with Gasteiger partial charge in [-0.1, -0.05) is 26.8 Å². The van der Waals surface area contributed by atoms with Crippen LogP contribution in [-0.2, 0) is 0 Å². The summed E-state index contributed by atoms with van der Waals surface area (Å²) in [6, 6.07) is 3.81. The molecule has 0 amide bonds. The average molecular weight is 267 g/mol. The van der Waals surface area contributed by atoms with Gasteiger partial charge in [0.15, 0.2) is 0 Å². The van der Waals surface area contributed by atoms with Crippen LogP contribution in [0.4, 0.5) is 8.78 Å². The Bertz CT molecular complexity index is 451. The third kappa shape index (κ3) is 3.14. The first-order chi connectivity index (χ1) is 8.79. The second kappa shape index (κ2) is 5.20. The molecule has 3 unspecified atom stereocenters. The van der Waals surface area contributed by atoms with E-state index in [0.717, 1.165) is 25.3 Å². The molecule has 0 aromatic heterocycles. The fourth-order valence-corrected chi connectivity index (χ4v) is 3.14. The standard InChI is InChI=1S/C16H23F2N/c1-16(2,3)10-4-7-15(19)13(8-10)12-6-5-11(17)9-14(12)18/h5-6,9-10,13,15H,4,7-8,19H2,1-3H3. The van der Waals surface area contributed by atoms with E-state index in [1.165, 1.54) is 6.07 Å². The molecule has 1 aromatic rings. The number of halogens is 2. The zero-order valence-corrected chi connectivity index (χ0v) is 11.9. The molecule has 0 saturated heterocycles. The molecule has 1 aliphatic rings. The second-order valence-corrected chi connectivity index (χ2v) is 6.81. The third-order valence-corrected chi connectivity index (χ3v) is 4.49. The van der Waals surface area contributed by atoms with E-state index in [9.17, 15) is 8.78 Å². The SMILES string of the molecule is CC(C)(C)C1CCC(N)C(c2ccc(F)cc2F)C1. The van der Waals surface area contributed by atoms with Crippen molar-refractivity contribution in [3.8, 4) is 0 Å². The first kappa shape index (κ1) is 14.4. The summed E-state index contributed by atoms with van der Waals surface area (Å²) in [6.07, 6.45) is 2.88. The van der Waals surface area contributed by atoms with E-state index >= 15 is 0 Å². The van der Waals surface area contributed by atoms with Gasteiger partial charge >= 0.3 is 0 Å². The van der Waals surface area contributed by atoms with Gasteiger partial charge in [-0.2, -0.15) is 0 Å². The lowest BCUT2D eigenvalue weighted by Gasteiger charge is -2.41. The van der Waals surface area contributed by atoms with Crippen LogP contribution in [-0.4, -0.2) is 6.04 Å². The van der Waals surface area contributed by atoms with Crippen LogP contribution in [0, 0.1) is 23.0 Å². The molecule has 106 valence electrons. The summed E-state index contributed by atoms with van der Waals surface area (Å²) in [4.78, 5) is 0. The molecule has 1 aromatic carbocycles. The van der Waals surface area contributed by atoms with Gasteiger partial charge in [-0.15, -0.1) is 0 Å². The van der Waals surface area contributed by atoms with E-state index in [2.05, 4.69) is 20.8 Å². The van der Waals surface area contributed by atoms with Crippen molar-refractivity contribution >= 4 is 0 Å². The van der Waals surface area contributed by atoms with E-state index < -0.39 is 11.6 Å². The fraction of sp³-hybridized carbons (Fsp3) is 0.625. The van der Waals surface area contributed by atoms with Gasteiger partial charge in [0.05, 0.1) is 0 Å². The molecule has 0 heterocycles. The largest absolute Gasteiger partial charge is 0.327 e. The highest BCUT2D eigenvalue weighted by Gasteiger charge is 2.36. The molecule has 0 aliphatic heterocycles. The Labute approximate surface area is 114 Å². The first-order valence-corrected chi connectivity index (χ1v) is 6.99. The Kier molecular flexibility index (Phi) is 3.95. The minimum absolute atomic E-state index is 0.00132. The number of hydrogen-bond donors (Lipinski definition) is 1. The van der Waals surface area contributed by atoms with E-state index in [0.29, 0.717) is 11.5 Å². The number of rotatable bonds is 1. The predicted octanol–water partition coefficient (Wildman–Crippen LogP) is 4.22. The van der Waals surface area contributed by atoms with Crippen LogP contribution in [0.25, 0.3) is 0 Å². The maximum Gasteiger partial charge on any atom is 0.129 e. The Morgan fingerprint density at radius 1 is 1.16 bits per heavy atom. The Morgan fingerprint density at radius 3 is 2.42 bits per heavy atom. The molecule has 1 saturated carbocycles. The van der Waals surface area contributed by atoms with Gasteiger partial charge in [0.25, 0.3) is 0 Å². The van der Waals surface area contributed by atoms with Gasteiger partial charge in [-0.25, -0.2) is 8.78 Å². The van der Waals surface area contributed by atoms with E-state index in [1.807, 2.05) is 0 Å². The zero-order valence-electron chi connectivity index (χ0n) is 11.9. The van der Waals surface area contributed by atoms with Crippen LogP contribution in [0.2, 0.25) is 0 Å². The van der Waals surface area contributed by atoms with Crippen molar-refractivity contribution < 1.29 is 8.78 Å². The zero-order chi connectivity index (χ0) is 14.2. The van der Waals surface area contributed by atoms with Gasteiger partial charge in [-0.3, -0.25) is 0 Å². The minimum atomic E-state index is -0.530. The van der Waals surface area contributed by atoms with Gasteiger partial charge in [-0.05, 0) is 42.2 Å². The lowest BCUT2D eigenvalue weighted by molar-refractivity contribution is 0.152. The molecule has 3 atom stereocenters. The molecule has 1 aliphatic carbocycles. The Hall–Kier alpha value is -0.960. The highest BCUT2D eigenvalue weighted by Crippen LogP contribution is 2.44. The quantitative estimate of drug-likeness (QED) is 0.810. The summed E-state index contributed by atoms with van der Waals surface area (Å²) in [5.41, 5.74) is 6.94. The van der Waals surface area contributed by atoms with Gasteiger partial charge in [0, 0.05) is 18.0 Å². The first-order valence-electron chi connectivity index (χ1n) is 6.99. The maximum atomic E-state index is 13.9. The lowest BCUT2D eigenvalue weighted by atomic mass is 9.66. The summed E-state index contributed by atoms with van der Waals surface area (Å²) in [5.74, 6) is -0.465.